The minimum absolute atomic E-state index is 0.491. The van der Waals surface area contributed by atoms with Crippen molar-refractivity contribution in [3.05, 3.63) is 71.8 Å². The molecule has 0 aromatic heterocycles. The van der Waals surface area contributed by atoms with Crippen molar-refractivity contribution in [2.45, 2.75) is 19.4 Å². The summed E-state index contributed by atoms with van der Waals surface area (Å²) < 4.78 is 0. The van der Waals surface area contributed by atoms with Crippen LogP contribution in [-0.4, -0.2) is 29.1 Å². The molecule has 1 unspecified atom stereocenters. The Morgan fingerprint density at radius 2 is 1.62 bits per heavy atom. The van der Waals surface area contributed by atoms with Crippen LogP contribution in [0.1, 0.15) is 24.0 Å². The quantitative estimate of drug-likeness (QED) is 0.847. The van der Waals surface area contributed by atoms with Crippen molar-refractivity contribution in [1.29, 1.82) is 0 Å². The van der Waals surface area contributed by atoms with E-state index in [4.69, 9.17) is 0 Å². The largest absolute Gasteiger partial charge is 0.481 e. The smallest absolute Gasteiger partial charge is 0.312 e. The normalized spacial score (nSPS) is 12.3. The van der Waals surface area contributed by atoms with Crippen LogP contribution in [-0.2, 0) is 11.3 Å². The Bertz CT molecular complexity index is 554. The SMILES string of the molecule is CCN(Cc1ccccc1)CC(C(=O)O)c1ccccc1. The third-order valence-electron chi connectivity index (χ3n) is 3.64. The van der Waals surface area contributed by atoms with Crippen LogP contribution in [0.4, 0.5) is 0 Å². The highest BCUT2D eigenvalue weighted by atomic mass is 16.4. The van der Waals surface area contributed by atoms with E-state index in [1.54, 1.807) is 0 Å². The summed E-state index contributed by atoms with van der Waals surface area (Å²) in [6, 6.07) is 19.6. The zero-order valence-corrected chi connectivity index (χ0v) is 12.3. The Labute approximate surface area is 125 Å². The Morgan fingerprint density at radius 3 is 2.14 bits per heavy atom. The fourth-order valence-electron chi connectivity index (χ4n) is 2.42. The lowest BCUT2D eigenvalue weighted by atomic mass is 9.98. The zero-order chi connectivity index (χ0) is 15.1. The Morgan fingerprint density at radius 1 is 1.05 bits per heavy atom. The monoisotopic (exact) mass is 283 g/mol. The molecule has 0 radical (unpaired) electrons. The number of rotatable bonds is 7. The first-order chi connectivity index (χ1) is 10.2. The van der Waals surface area contributed by atoms with Gasteiger partial charge in [-0.3, -0.25) is 9.69 Å². The van der Waals surface area contributed by atoms with E-state index in [0.29, 0.717) is 6.54 Å². The van der Waals surface area contributed by atoms with Crippen LogP contribution in [0, 0.1) is 0 Å². The van der Waals surface area contributed by atoms with Crippen LogP contribution in [0.3, 0.4) is 0 Å². The number of hydrogen-bond acceptors (Lipinski definition) is 2. The predicted molar refractivity (Wildman–Crippen MR) is 84.2 cm³/mol. The number of nitrogens with zero attached hydrogens (tertiary/aromatic N) is 1. The third-order valence-corrected chi connectivity index (χ3v) is 3.64. The van der Waals surface area contributed by atoms with Crippen molar-refractivity contribution in [2.75, 3.05) is 13.1 Å². The molecule has 0 aliphatic carbocycles. The molecule has 1 N–H and O–H groups in total. The number of carboxylic acid groups (broad SMARTS) is 1. The topological polar surface area (TPSA) is 40.5 Å². The second-order valence-corrected chi connectivity index (χ2v) is 5.11. The van der Waals surface area contributed by atoms with Gasteiger partial charge in [0.2, 0.25) is 0 Å². The fourth-order valence-corrected chi connectivity index (χ4v) is 2.42. The molecule has 110 valence electrons. The highest BCUT2D eigenvalue weighted by Crippen LogP contribution is 2.18. The molecule has 3 heteroatoms. The third kappa shape index (κ3) is 4.43. The summed E-state index contributed by atoms with van der Waals surface area (Å²) in [5, 5.41) is 9.51. The van der Waals surface area contributed by atoms with Crippen molar-refractivity contribution < 1.29 is 9.90 Å². The summed E-state index contributed by atoms with van der Waals surface area (Å²) in [6.45, 7) is 4.18. The van der Waals surface area contributed by atoms with E-state index >= 15 is 0 Å². The highest BCUT2D eigenvalue weighted by molar-refractivity contribution is 5.76. The van der Waals surface area contributed by atoms with Crippen molar-refractivity contribution in [3.8, 4) is 0 Å². The summed E-state index contributed by atoms with van der Waals surface area (Å²) >= 11 is 0. The lowest BCUT2D eigenvalue weighted by molar-refractivity contribution is -0.139. The van der Waals surface area contributed by atoms with Crippen LogP contribution < -0.4 is 0 Å². The average Bonchev–Trinajstić information content (AvgIpc) is 2.52. The van der Waals surface area contributed by atoms with E-state index in [1.807, 2.05) is 48.5 Å². The molecule has 21 heavy (non-hydrogen) atoms. The molecule has 0 spiro atoms. The van der Waals surface area contributed by atoms with E-state index in [-0.39, 0.29) is 0 Å². The maximum absolute atomic E-state index is 11.6. The molecule has 0 saturated carbocycles. The van der Waals surface area contributed by atoms with Gasteiger partial charge in [0, 0.05) is 13.1 Å². The van der Waals surface area contributed by atoms with Crippen LogP contribution in [0.2, 0.25) is 0 Å². The van der Waals surface area contributed by atoms with Gasteiger partial charge in [0.25, 0.3) is 0 Å². The maximum atomic E-state index is 11.6. The maximum Gasteiger partial charge on any atom is 0.312 e. The summed E-state index contributed by atoms with van der Waals surface area (Å²) in [4.78, 5) is 13.7. The van der Waals surface area contributed by atoms with E-state index in [9.17, 15) is 9.90 Å². The molecular weight excluding hydrogens is 262 g/mol. The number of aliphatic carboxylic acids is 1. The standard InChI is InChI=1S/C18H21NO2/c1-2-19(13-15-9-5-3-6-10-15)14-17(18(20)21)16-11-7-4-8-12-16/h3-12,17H,2,13-14H2,1H3,(H,20,21). The molecule has 3 nitrogen and oxygen atoms in total. The van der Waals surface area contributed by atoms with Crippen LogP contribution >= 0.6 is 0 Å². The zero-order valence-electron chi connectivity index (χ0n) is 12.3. The van der Waals surface area contributed by atoms with Gasteiger partial charge in [-0.1, -0.05) is 67.6 Å². The van der Waals surface area contributed by atoms with Gasteiger partial charge < -0.3 is 5.11 Å². The van der Waals surface area contributed by atoms with Gasteiger partial charge in [-0.25, -0.2) is 0 Å². The van der Waals surface area contributed by atoms with Crippen LogP contribution in [0.15, 0.2) is 60.7 Å². The molecule has 0 aliphatic heterocycles. The minimum Gasteiger partial charge on any atom is -0.481 e. The molecule has 2 aromatic carbocycles. The number of carbonyl (C=O) groups is 1. The molecule has 0 bridgehead atoms. The lowest BCUT2D eigenvalue weighted by Gasteiger charge is -2.24. The van der Waals surface area contributed by atoms with Crippen LogP contribution in [0.25, 0.3) is 0 Å². The summed E-state index contributed by atoms with van der Waals surface area (Å²) in [5.74, 6) is -1.26. The average molecular weight is 283 g/mol. The second kappa shape index (κ2) is 7.60. The van der Waals surface area contributed by atoms with Crippen molar-refractivity contribution in [3.63, 3.8) is 0 Å². The van der Waals surface area contributed by atoms with Gasteiger partial charge in [0.05, 0.1) is 5.92 Å². The Balaban J connectivity index is 2.09. The molecule has 0 saturated heterocycles. The number of hydrogen-bond donors (Lipinski definition) is 1. The van der Waals surface area contributed by atoms with E-state index in [1.165, 1.54) is 5.56 Å². The van der Waals surface area contributed by atoms with Gasteiger partial charge in [0.15, 0.2) is 0 Å². The highest BCUT2D eigenvalue weighted by Gasteiger charge is 2.22. The first kappa shape index (κ1) is 15.3. The molecule has 2 aromatic rings. The predicted octanol–water partition coefficient (Wildman–Crippen LogP) is 3.38. The van der Waals surface area contributed by atoms with E-state index < -0.39 is 11.9 Å². The summed E-state index contributed by atoms with van der Waals surface area (Å²) in [6.07, 6.45) is 0. The first-order valence-electron chi connectivity index (χ1n) is 7.24. The van der Waals surface area contributed by atoms with Gasteiger partial charge in [0.1, 0.15) is 0 Å². The van der Waals surface area contributed by atoms with Gasteiger partial charge >= 0.3 is 5.97 Å². The minimum atomic E-state index is -0.771. The summed E-state index contributed by atoms with van der Waals surface area (Å²) in [7, 11) is 0. The lowest BCUT2D eigenvalue weighted by Crippen LogP contribution is -2.31. The Kier molecular flexibility index (Phi) is 5.52. The number of likely N-dealkylation sites (N-methyl/N-ethyl adjacent to an activating group) is 1. The van der Waals surface area contributed by atoms with E-state index in [0.717, 1.165) is 18.7 Å². The van der Waals surface area contributed by atoms with Gasteiger partial charge in [-0.05, 0) is 17.7 Å². The van der Waals surface area contributed by atoms with Gasteiger partial charge in [-0.15, -0.1) is 0 Å². The molecule has 0 amide bonds. The first-order valence-corrected chi connectivity index (χ1v) is 7.24. The van der Waals surface area contributed by atoms with Crippen molar-refractivity contribution in [1.82, 2.24) is 4.90 Å². The molecule has 0 heterocycles. The fraction of sp³-hybridized carbons (Fsp3) is 0.278. The number of benzene rings is 2. The van der Waals surface area contributed by atoms with Crippen molar-refractivity contribution in [2.24, 2.45) is 0 Å². The summed E-state index contributed by atoms with van der Waals surface area (Å²) in [5.41, 5.74) is 2.06. The number of carboxylic acids is 1. The molecule has 1 atom stereocenters. The molecular formula is C18H21NO2. The van der Waals surface area contributed by atoms with Crippen molar-refractivity contribution >= 4 is 5.97 Å². The van der Waals surface area contributed by atoms with E-state index in [2.05, 4.69) is 24.0 Å². The second-order valence-electron chi connectivity index (χ2n) is 5.11. The molecule has 0 aliphatic rings. The molecule has 0 fully saturated rings. The molecule has 2 rings (SSSR count). The van der Waals surface area contributed by atoms with Gasteiger partial charge in [-0.2, -0.15) is 0 Å². The van der Waals surface area contributed by atoms with Crippen LogP contribution in [0.5, 0.6) is 0 Å². The Hall–Kier alpha value is -2.13.